The SMILES string of the molecule is CC(C)OCCN(CCCCc1ccc2c(n1)NCCC2)CC[C@H](NC(=O)C1(n2nc(Cl)cc2Cl)CC1)C(=O)O. The molecule has 0 saturated heterocycles. The first-order valence-electron chi connectivity index (χ1n) is 14.2. The molecular formula is C28H40Cl2N6O4. The molecule has 3 heterocycles. The van der Waals surface area contributed by atoms with E-state index in [1.807, 2.05) is 13.8 Å². The highest BCUT2D eigenvalue weighted by atomic mass is 35.5. The molecule has 0 bridgehead atoms. The van der Waals surface area contributed by atoms with Crippen molar-refractivity contribution in [2.45, 2.75) is 82.9 Å². The number of nitrogens with zero attached hydrogens (tertiary/aromatic N) is 4. The molecule has 1 aliphatic carbocycles. The summed E-state index contributed by atoms with van der Waals surface area (Å²) in [6.07, 6.45) is 6.47. The van der Waals surface area contributed by atoms with Crippen LogP contribution in [0.25, 0.3) is 0 Å². The Morgan fingerprint density at radius 2 is 2.02 bits per heavy atom. The number of hydrogen-bond donors (Lipinski definition) is 3. The van der Waals surface area contributed by atoms with E-state index < -0.39 is 23.5 Å². The number of unbranched alkanes of at least 4 members (excludes halogenated alkanes) is 1. The molecule has 2 aliphatic rings. The zero-order chi connectivity index (χ0) is 28.7. The Balaban J connectivity index is 1.29. The Kier molecular flexibility index (Phi) is 10.7. The van der Waals surface area contributed by atoms with Gasteiger partial charge in [0.15, 0.2) is 5.15 Å². The second kappa shape index (κ2) is 14.0. The molecule has 0 aromatic carbocycles. The fraction of sp³-hybridized carbons (Fsp3) is 0.643. The number of aromatic nitrogens is 3. The van der Waals surface area contributed by atoms with Crippen LogP contribution in [0.15, 0.2) is 18.2 Å². The van der Waals surface area contributed by atoms with Crippen molar-refractivity contribution in [2.24, 2.45) is 0 Å². The molecule has 4 rings (SSSR count). The number of aliphatic carboxylic acids is 1. The number of pyridine rings is 1. The van der Waals surface area contributed by atoms with Crippen LogP contribution in [0.1, 0.15) is 63.6 Å². The van der Waals surface area contributed by atoms with Crippen molar-refractivity contribution in [1.82, 2.24) is 25.0 Å². The predicted molar refractivity (Wildman–Crippen MR) is 155 cm³/mol. The number of halogens is 2. The first-order chi connectivity index (χ1) is 19.2. The van der Waals surface area contributed by atoms with Gasteiger partial charge in [0.25, 0.3) is 0 Å². The van der Waals surface area contributed by atoms with E-state index >= 15 is 0 Å². The molecule has 3 N–H and O–H groups in total. The highest BCUT2D eigenvalue weighted by Gasteiger charge is 2.54. The van der Waals surface area contributed by atoms with E-state index in [1.54, 1.807) is 0 Å². The van der Waals surface area contributed by atoms with Gasteiger partial charge in [0.2, 0.25) is 5.91 Å². The van der Waals surface area contributed by atoms with Crippen LogP contribution in [0.5, 0.6) is 0 Å². The monoisotopic (exact) mass is 594 g/mol. The second-order valence-electron chi connectivity index (χ2n) is 10.9. The van der Waals surface area contributed by atoms with Crippen LogP contribution in [0, 0.1) is 0 Å². The molecule has 220 valence electrons. The minimum absolute atomic E-state index is 0.119. The molecule has 0 radical (unpaired) electrons. The van der Waals surface area contributed by atoms with Crippen LogP contribution >= 0.6 is 23.2 Å². The number of hydrogen-bond acceptors (Lipinski definition) is 7. The number of fused-ring (bicyclic) bond motifs is 1. The largest absolute Gasteiger partial charge is 0.480 e. The van der Waals surface area contributed by atoms with Crippen LogP contribution in [0.3, 0.4) is 0 Å². The van der Waals surface area contributed by atoms with Crippen LogP contribution in [0.2, 0.25) is 10.3 Å². The van der Waals surface area contributed by atoms with Gasteiger partial charge in [0, 0.05) is 31.4 Å². The number of rotatable bonds is 16. The van der Waals surface area contributed by atoms with Crippen molar-refractivity contribution in [3.8, 4) is 0 Å². The van der Waals surface area contributed by atoms with E-state index in [0.717, 1.165) is 56.7 Å². The molecule has 1 fully saturated rings. The molecule has 40 heavy (non-hydrogen) atoms. The average molecular weight is 596 g/mol. The van der Waals surface area contributed by atoms with Crippen LogP contribution < -0.4 is 10.6 Å². The minimum Gasteiger partial charge on any atom is -0.480 e. The van der Waals surface area contributed by atoms with Gasteiger partial charge in [-0.3, -0.25) is 4.79 Å². The molecule has 12 heteroatoms. The number of carboxylic acids is 1. The molecule has 2 aromatic heterocycles. The van der Waals surface area contributed by atoms with Crippen molar-refractivity contribution < 1.29 is 19.4 Å². The number of anilines is 1. The number of carbonyl (C=O) groups is 2. The lowest BCUT2D eigenvalue weighted by Gasteiger charge is -2.26. The predicted octanol–water partition coefficient (Wildman–Crippen LogP) is 4.14. The summed E-state index contributed by atoms with van der Waals surface area (Å²) >= 11 is 12.2. The number of amides is 1. The van der Waals surface area contributed by atoms with Gasteiger partial charge in [-0.1, -0.05) is 29.3 Å². The highest BCUT2D eigenvalue weighted by molar-refractivity contribution is 6.33. The quantitative estimate of drug-likeness (QED) is 0.248. The normalized spacial score (nSPS) is 16.4. The lowest BCUT2D eigenvalue weighted by molar-refractivity contribution is -0.143. The number of nitrogens with one attached hydrogen (secondary N) is 2. The lowest BCUT2D eigenvalue weighted by atomic mass is 10.1. The molecule has 1 atom stereocenters. The van der Waals surface area contributed by atoms with Gasteiger partial charge in [-0.2, -0.15) is 5.10 Å². The summed E-state index contributed by atoms with van der Waals surface area (Å²) in [6, 6.07) is 4.74. The smallest absolute Gasteiger partial charge is 0.326 e. The Bertz CT molecular complexity index is 1170. The summed E-state index contributed by atoms with van der Waals surface area (Å²) < 4.78 is 7.15. The van der Waals surface area contributed by atoms with Crippen LogP contribution in [-0.4, -0.2) is 81.6 Å². The zero-order valence-corrected chi connectivity index (χ0v) is 24.8. The first-order valence-corrected chi connectivity index (χ1v) is 15.0. The summed E-state index contributed by atoms with van der Waals surface area (Å²) in [5.74, 6) is -0.452. The van der Waals surface area contributed by atoms with E-state index in [1.165, 1.54) is 16.3 Å². The number of aryl methyl sites for hydroxylation is 2. The fourth-order valence-electron chi connectivity index (χ4n) is 5.05. The van der Waals surface area contributed by atoms with Crippen molar-refractivity contribution in [2.75, 3.05) is 38.1 Å². The maximum Gasteiger partial charge on any atom is 0.326 e. The third-order valence-corrected chi connectivity index (χ3v) is 7.95. The van der Waals surface area contributed by atoms with Gasteiger partial charge in [0.1, 0.15) is 22.6 Å². The van der Waals surface area contributed by atoms with Gasteiger partial charge >= 0.3 is 5.97 Å². The van der Waals surface area contributed by atoms with Crippen molar-refractivity contribution in [1.29, 1.82) is 0 Å². The summed E-state index contributed by atoms with van der Waals surface area (Å²) in [6.45, 7) is 7.52. The van der Waals surface area contributed by atoms with Crippen molar-refractivity contribution in [3.05, 3.63) is 39.8 Å². The second-order valence-corrected chi connectivity index (χ2v) is 11.7. The molecule has 10 nitrogen and oxygen atoms in total. The van der Waals surface area contributed by atoms with E-state index in [4.69, 9.17) is 32.9 Å². The van der Waals surface area contributed by atoms with E-state index in [9.17, 15) is 14.7 Å². The summed E-state index contributed by atoms with van der Waals surface area (Å²) in [5, 5.41) is 20.6. The van der Waals surface area contributed by atoms with E-state index in [-0.39, 0.29) is 22.8 Å². The Morgan fingerprint density at radius 3 is 2.70 bits per heavy atom. The van der Waals surface area contributed by atoms with Crippen LogP contribution in [-0.2, 0) is 32.7 Å². The number of carbonyl (C=O) groups excluding carboxylic acids is 1. The van der Waals surface area contributed by atoms with Gasteiger partial charge in [0.05, 0.1) is 12.7 Å². The third-order valence-electron chi connectivity index (χ3n) is 7.49. The highest BCUT2D eigenvalue weighted by Crippen LogP contribution is 2.45. The van der Waals surface area contributed by atoms with Gasteiger partial charge in [-0.25, -0.2) is 14.5 Å². The molecular weight excluding hydrogens is 555 g/mol. The standard InChI is InChI=1S/C28H40Cl2N6O4/c1-19(2)40-17-16-35(14-4-3-7-21-9-8-20-6-5-13-31-25(20)32-21)15-10-22(26(37)38)33-27(39)28(11-12-28)36-24(30)18-23(29)34-36/h8-9,18-19,22H,3-7,10-17H2,1-2H3,(H,31,32)(H,33,39)(H,37,38)/t22-/m0/s1. The van der Waals surface area contributed by atoms with E-state index in [2.05, 4.69) is 32.8 Å². The van der Waals surface area contributed by atoms with Crippen molar-refractivity contribution in [3.63, 3.8) is 0 Å². The summed E-state index contributed by atoms with van der Waals surface area (Å²) in [5.41, 5.74) is 1.39. The maximum atomic E-state index is 13.2. The van der Waals surface area contributed by atoms with Crippen LogP contribution in [0.4, 0.5) is 5.82 Å². The number of ether oxygens (including phenoxy) is 1. The van der Waals surface area contributed by atoms with Gasteiger partial charge in [-0.05, 0) is 83.4 Å². The first kappa shape index (κ1) is 30.6. The average Bonchev–Trinajstić information content (AvgIpc) is 3.65. The fourth-order valence-corrected chi connectivity index (χ4v) is 5.59. The zero-order valence-electron chi connectivity index (χ0n) is 23.3. The molecule has 1 amide bonds. The molecule has 0 unspecified atom stereocenters. The third kappa shape index (κ3) is 8.09. The van der Waals surface area contributed by atoms with Crippen molar-refractivity contribution >= 4 is 40.9 Å². The Hall–Kier alpha value is -2.40. The molecule has 2 aromatic rings. The molecule has 1 saturated carbocycles. The Labute approximate surface area is 245 Å². The Morgan fingerprint density at radius 1 is 1.23 bits per heavy atom. The van der Waals surface area contributed by atoms with Gasteiger partial charge < -0.3 is 25.4 Å². The lowest BCUT2D eigenvalue weighted by Crippen LogP contribution is -2.49. The minimum atomic E-state index is -1.07. The molecule has 0 spiro atoms. The maximum absolute atomic E-state index is 13.2. The van der Waals surface area contributed by atoms with Gasteiger partial charge in [-0.15, -0.1) is 0 Å². The topological polar surface area (TPSA) is 122 Å². The number of carboxylic acid groups (broad SMARTS) is 1. The van der Waals surface area contributed by atoms with E-state index in [0.29, 0.717) is 32.5 Å². The summed E-state index contributed by atoms with van der Waals surface area (Å²) in [4.78, 5) is 32.2. The molecule has 1 aliphatic heterocycles. The summed E-state index contributed by atoms with van der Waals surface area (Å²) in [7, 11) is 0.